The lowest BCUT2D eigenvalue weighted by Crippen LogP contribution is -2.47. The molecule has 0 bridgehead atoms. The highest BCUT2D eigenvalue weighted by Gasteiger charge is 2.28. The molecule has 1 unspecified atom stereocenters. The molecule has 1 amide bonds. The summed E-state index contributed by atoms with van der Waals surface area (Å²) < 4.78 is 0. The van der Waals surface area contributed by atoms with Gasteiger partial charge in [0, 0.05) is 22.9 Å². The van der Waals surface area contributed by atoms with Gasteiger partial charge in [-0.1, -0.05) is 17.7 Å². The zero-order valence-electron chi connectivity index (χ0n) is 11.9. The van der Waals surface area contributed by atoms with E-state index < -0.39 is 5.97 Å². The first-order valence-electron chi connectivity index (χ1n) is 6.85. The minimum absolute atomic E-state index is 0.0344. The second kappa shape index (κ2) is 7.75. The molecule has 0 saturated carbocycles. The number of carboxylic acid groups (broad SMARTS) is 1. The van der Waals surface area contributed by atoms with Crippen molar-refractivity contribution in [1.29, 1.82) is 0 Å². The number of carboxylic acids is 1. The van der Waals surface area contributed by atoms with E-state index in [4.69, 9.17) is 5.11 Å². The predicted molar refractivity (Wildman–Crippen MR) is 87.0 cm³/mol. The van der Waals surface area contributed by atoms with Crippen LogP contribution in [0.3, 0.4) is 0 Å². The number of nitrogens with zero attached hydrogens (tertiary/aromatic N) is 1. The first-order valence-corrected chi connectivity index (χ1v) is 8.99. The zero-order valence-corrected chi connectivity index (χ0v) is 13.6. The average molecular weight is 325 g/mol. The Labute approximate surface area is 133 Å². The second-order valence-corrected chi connectivity index (χ2v) is 7.21. The highest BCUT2D eigenvalue weighted by atomic mass is 32.2. The molecular formula is C15H19NO3S2. The average Bonchev–Trinajstić information content (AvgIpc) is 2.46. The Balaban J connectivity index is 1.91. The van der Waals surface area contributed by atoms with E-state index in [2.05, 4.69) is 0 Å². The molecule has 0 spiro atoms. The van der Waals surface area contributed by atoms with Crippen LogP contribution in [0.5, 0.6) is 0 Å². The van der Waals surface area contributed by atoms with Crippen molar-refractivity contribution in [3.05, 3.63) is 29.8 Å². The lowest BCUT2D eigenvalue weighted by molar-refractivity contribution is -0.139. The van der Waals surface area contributed by atoms with Crippen LogP contribution in [0.1, 0.15) is 12.0 Å². The van der Waals surface area contributed by atoms with Crippen LogP contribution in [0, 0.1) is 6.92 Å². The molecule has 1 aliphatic heterocycles. The molecule has 0 aromatic heterocycles. The van der Waals surface area contributed by atoms with Gasteiger partial charge in [0.2, 0.25) is 5.91 Å². The van der Waals surface area contributed by atoms with Gasteiger partial charge in [0.25, 0.3) is 0 Å². The fourth-order valence-electron chi connectivity index (χ4n) is 2.22. The van der Waals surface area contributed by atoms with E-state index in [9.17, 15) is 9.59 Å². The number of benzene rings is 1. The minimum Gasteiger partial charge on any atom is -0.481 e. The molecule has 1 saturated heterocycles. The summed E-state index contributed by atoms with van der Waals surface area (Å²) in [5.74, 6) is 1.16. The summed E-state index contributed by atoms with van der Waals surface area (Å²) in [6.07, 6.45) is 0.0357. The Kier molecular flexibility index (Phi) is 5.99. The smallest absolute Gasteiger partial charge is 0.305 e. The van der Waals surface area contributed by atoms with Crippen molar-refractivity contribution < 1.29 is 14.7 Å². The van der Waals surface area contributed by atoms with Crippen molar-refractivity contribution in [2.75, 3.05) is 23.8 Å². The Hall–Kier alpha value is -1.14. The Morgan fingerprint density at radius 1 is 1.38 bits per heavy atom. The minimum atomic E-state index is -0.841. The maximum Gasteiger partial charge on any atom is 0.305 e. The molecule has 21 heavy (non-hydrogen) atoms. The molecule has 114 valence electrons. The van der Waals surface area contributed by atoms with Gasteiger partial charge in [0.15, 0.2) is 0 Å². The van der Waals surface area contributed by atoms with Crippen LogP contribution < -0.4 is 0 Å². The van der Waals surface area contributed by atoms with Gasteiger partial charge in [-0.2, -0.15) is 11.8 Å². The van der Waals surface area contributed by atoms with Crippen LogP contribution >= 0.6 is 23.5 Å². The van der Waals surface area contributed by atoms with E-state index in [0.717, 1.165) is 10.6 Å². The van der Waals surface area contributed by atoms with Crippen molar-refractivity contribution >= 4 is 35.4 Å². The largest absolute Gasteiger partial charge is 0.481 e. The lowest BCUT2D eigenvalue weighted by Gasteiger charge is -2.34. The van der Waals surface area contributed by atoms with E-state index >= 15 is 0 Å². The third kappa shape index (κ3) is 4.97. The van der Waals surface area contributed by atoms with Crippen LogP contribution in [-0.2, 0) is 9.59 Å². The van der Waals surface area contributed by atoms with Crippen LogP contribution in [-0.4, -0.2) is 51.7 Å². The van der Waals surface area contributed by atoms with Crippen molar-refractivity contribution in [3.63, 3.8) is 0 Å². The fourth-order valence-corrected chi connectivity index (χ4v) is 4.06. The molecule has 1 atom stereocenters. The molecule has 1 aliphatic rings. The van der Waals surface area contributed by atoms with E-state index in [1.807, 2.05) is 31.2 Å². The number of carbonyl (C=O) groups is 2. The fraction of sp³-hybridized carbons (Fsp3) is 0.467. The molecule has 0 aliphatic carbocycles. The molecule has 2 rings (SSSR count). The van der Waals surface area contributed by atoms with Gasteiger partial charge in [0.1, 0.15) is 0 Å². The zero-order chi connectivity index (χ0) is 15.2. The predicted octanol–water partition coefficient (Wildman–Crippen LogP) is 2.51. The number of thioether (sulfide) groups is 2. The van der Waals surface area contributed by atoms with E-state index in [-0.39, 0.29) is 18.4 Å². The normalized spacial score (nSPS) is 18.5. The van der Waals surface area contributed by atoms with Gasteiger partial charge in [0.05, 0.1) is 18.2 Å². The van der Waals surface area contributed by atoms with E-state index in [1.54, 1.807) is 16.7 Å². The van der Waals surface area contributed by atoms with Gasteiger partial charge in [-0.05, 0) is 19.1 Å². The molecular weight excluding hydrogens is 306 g/mol. The summed E-state index contributed by atoms with van der Waals surface area (Å²) in [5, 5.41) is 8.95. The number of rotatable bonds is 5. The molecule has 4 nitrogen and oxygen atoms in total. The number of aliphatic carboxylic acids is 1. The first-order chi connectivity index (χ1) is 10.1. The standard InChI is InChI=1S/C15H19NO3S2/c1-11-2-4-13(5-3-11)21-10-14(17)16-6-7-20-9-12(16)8-15(18)19/h2-5,12H,6-10H2,1H3,(H,18,19). The molecule has 1 aromatic carbocycles. The quantitative estimate of drug-likeness (QED) is 0.843. The van der Waals surface area contributed by atoms with Crippen molar-refractivity contribution in [2.24, 2.45) is 0 Å². The maximum atomic E-state index is 12.3. The van der Waals surface area contributed by atoms with Crippen LogP contribution in [0.25, 0.3) is 0 Å². The third-order valence-electron chi connectivity index (χ3n) is 3.34. The summed E-state index contributed by atoms with van der Waals surface area (Å²) in [7, 11) is 0. The van der Waals surface area contributed by atoms with Gasteiger partial charge in [-0.15, -0.1) is 11.8 Å². The Morgan fingerprint density at radius 3 is 2.76 bits per heavy atom. The second-order valence-electron chi connectivity index (χ2n) is 5.02. The lowest BCUT2D eigenvalue weighted by atomic mass is 10.2. The SMILES string of the molecule is Cc1ccc(SCC(=O)N2CCSCC2CC(=O)O)cc1. The van der Waals surface area contributed by atoms with Gasteiger partial charge in [-0.25, -0.2) is 0 Å². The van der Waals surface area contributed by atoms with Crippen molar-refractivity contribution in [3.8, 4) is 0 Å². The number of carbonyl (C=O) groups excluding carboxylic acids is 1. The van der Waals surface area contributed by atoms with Gasteiger partial charge < -0.3 is 10.0 Å². The first kappa shape index (κ1) is 16.2. The summed E-state index contributed by atoms with van der Waals surface area (Å²) in [6.45, 7) is 2.68. The number of amides is 1. The van der Waals surface area contributed by atoms with Crippen molar-refractivity contribution in [2.45, 2.75) is 24.3 Å². The number of aryl methyl sites for hydroxylation is 1. The maximum absolute atomic E-state index is 12.3. The van der Waals surface area contributed by atoms with Crippen LogP contribution in [0.4, 0.5) is 0 Å². The Bertz CT molecular complexity index is 504. The number of hydrogen-bond donors (Lipinski definition) is 1. The third-order valence-corrected chi connectivity index (χ3v) is 5.43. The topological polar surface area (TPSA) is 57.6 Å². The molecule has 1 aromatic rings. The molecule has 0 radical (unpaired) electrons. The van der Waals surface area contributed by atoms with E-state index in [1.165, 1.54) is 17.3 Å². The molecule has 1 heterocycles. The molecule has 1 N–H and O–H groups in total. The van der Waals surface area contributed by atoms with Gasteiger partial charge in [-0.3, -0.25) is 9.59 Å². The summed E-state index contributed by atoms with van der Waals surface area (Å²) in [5.41, 5.74) is 1.19. The number of hydrogen-bond acceptors (Lipinski definition) is 4. The summed E-state index contributed by atoms with van der Waals surface area (Å²) >= 11 is 3.22. The van der Waals surface area contributed by atoms with Crippen molar-refractivity contribution in [1.82, 2.24) is 4.90 Å². The van der Waals surface area contributed by atoms with E-state index in [0.29, 0.717) is 18.1 Å². The summed E-state index contributed by atoms with van der Waals surface area (Å²) in [6, 6.07) is 7.89. The monoisotopic (exact) mass is 325 g/mol. The Morgan fingerprint density at radius 2 is 2.10 bits per heavy atom. The molecule has 1 fully saturated rings. The highest BCUT2D eigenvalue weighted by Crippen LogP contribution is 2.23. The van der Waals surface area contributed by atoms with Crippen LogP contribution in [0.15, 0.2) is 29.2 Å². The van der Waals surface area contributed by atoms with Gasteiger partial charge >= 0.3 is 5.97 Å². The highest BCUT2D eigenvalue weighted by molar-refractivity contribution is 8.00. The van der Waals surface area contributed by atoms with Crippen LogP contribution in [0.2, 0.25) is 0 Å². The molecule has 6 heteroatoms. The summed E-state index contributed by atoms with van der Waals surface area (Å²) in [4.78, 5) is 26.0.